The van der Waals surface area contributed by atoms with E-state index in [9.17, 15) is 34.5 Å². The van der Waals surface area contributed by atoms with Gasteiger partial charge in [0, 0.05) is 19.3 Å². The Morgan fingerprint density at radius 2 is 0.797 bits per heavy atom. The lowest BCUT2D eigenvalue weighted by Gasteiger charge is -2.40. The topological polar surface area (TPSA) is 175 Å². The Bertz CT molecular complexity index is 1790. The summed E-state index contributed by atoms with van der Waals surface area (Å²) in [6.45, 7) is 5.73. The first kappa shape index (κ1) is 72.4. The average molecular weight is 1110 g/mol. The Hall–Kier alpha value is -4.62. The maximum Gasteiger partial charge on any atom is 0.335 e. The summed E-state index contributed by atoms with van der Waals surface area (Å²) in [5.41, 5.74) is 0. The number of carboxylic acids is 1. The third kappa shape index (κ3) is 43.8. The number of carboxylic acid groups (broad SMARTS) is 1. The fourth-order valence-corrected chi connectivity index (χ4v) is 8.68. The first-order valence-electron chi connectivity index (χ1n) is 30.9. The summed E-state index contributed by atoms with van der Waals surface area (Å²) in [6, 6.07) is 0. The van der Waals surface area contributed by atoms with Gasteiger partial charge >= 0.3 is 23.9 Å². The van der Waals surface area contributed by atoms with Gasteiger partial charge in [-0.05, 0) is 103 Å². The summed E-state index contributed by atoms with van der Waals surface area (Å²) >= 11 is 0. The van der Waals surface area contributed by atoms with E-state index < -0.39 is 67.3 Å². The van der Waals surface area contributed by atoms with E-state index in [1.807, 2.05) is 0 Å². The third-order valence-corrected chi connectivity index (χ3v) is 13.3. The molecule has 1 fully saturated rings. The molecule has 1 aliphatic rings. The minimum atomic E-state index is -1.92. The van der Waals surface area contributed by atoms with Gasteiger partial charge in [0.25, 0.3) is 0 Å². The number of hydrogen-bond donors (Lipinski definition) is 3. The van der Waals surface area contributed by atoms with Crippen molar-refractivity contribution in [2.45, 2.75) is 276 Å². The molecule has 79 heavy (non-hydrogen) atoms. The summed E-state index contributed by atoms with van der Waals surface area (Å²) in [5.74, 6) is -3.20. The lowest BCUT2D eigenvalue weighted by Crippen LogP contribution is -2.61. The zero-order valence-electron chi connectivity index (χ0n) is 49.3. The molecule has 12 nitrogen and oxygen atoms in total. The second-order valence-electron chi connectivity index (χ2n) is 20.6. The van der Waals surface area contributed by atoms with Crippen LogP contribution in [0, 0.1) is 0 Å². The lowest BCUT2D eigenvalue weighted by molar-refractivity contribution is -0.301. The molecule has 0 radical (unpaired) electrons. The SMILES string of the molecule is CC/C=C\C/C=C\C/C=C\C/C=C\C/C=C\CCCCCC(=O)OC1C(OCC(COC(=O)CCCCCC/C=C\C/C=C\C/C=C\C/C=C\CC)OC(=O)CCCCCCCCCCCCCCC)OC(C(=O)O)C(O)C1O. The van der Waals surface area contributed by atoms with Crippen LogP contribution in [0.15, 0.2) is 109 Å². The van der Waals surface area contributed by atoms with Crippen LogP contribution in [0.3, 0.4) is 0 Å². The third-order valence-electron chi connectivity index (χ3n) is 13.3. The van der Waals surface area contributed by atoms with Crippen LogP contribution in [0.2, 0.25) is 0 Å². The first-order chi connectivity index (χ1) is 38.6. The molecule has 0 aromatic carbocycles. The minimum Gasteiger partial charge on any atom is -0.479 e. The number of aliphatic hydroxyl groups excluding tert-OH is 2. The summed E-state index contributed by atoms with van der Waals surface area (Å²) in [6.07, 6.45) is 60.5. The smallest absolute Gasteiger partial charge is 0.335 e. The van der Waals surface area contributed by atoms with Crippen molar-refractivity contribution in [2.24, 2.45) is 0 Å². The van der Waals surface area contributed by atoms with Gasteiger partial charge in [0.2, 0.25) is 0 Å². The molecule has 6 atom stereocenters. The average Bonchev–Trinajstić information content (AvgIpc) is 3.46. The molecule has 1 aliphatic heterocycles. The summed E-state index contributed by atoms with van der Waals surface area (Å²) in [5, 5.41) is 31.5. The molecule has 0 bridgehead atoms. The van der Waals surface area contributed by atoms with E-state index in [0.29, 0.717) is 19.3 Å². The zero-order valence-corrected chi connectivity index (χ0v) is 49.3. The highest BCUT2D eigenvalue weighted by molar-refractivity contribution is 5.74. The monoisotopic (exact) mass is 1100 g/mol. The first-order valence-corrected chi connectivity index (χ1v) is 30.9. The number of esters is 3. The van der Waals surface area contributed by atoms with Crippen molar-refractivity contribution in [3.63, 3.8) is 0 Å². The van der Waals surface area contributed by atoms with Gasteiger partial charge in [0.05, 0.1) is 6.61 Å². The molecule has 0 aliphatic carbocycles. The molecule has 3 N–H and O–H groups in total. The van der Waals surface area contributed by atoms with Crippen molar-refractivity contribution >= 4 is 23.9 Å². The molecule has 1 heterocycles. The van der Waals surface area contributed by atoms with E-state index in [4.69, 9.17) is 23.7 Å². The van der Waals surface area contributed by atoms with Crippen molar-refractivity contribution in [1.82, 2.24) is 0 Å². The van der Waals surface area contributed by atoms with Crippen LogP contribution >= 0.6 is 0 Å². The Balaban J connectivity index is 2.71. The Morgan fingerprint density at radius 3 is 1.23 bits per heavy atom. The number of carbonyl (C=O) groups is 4. The minimum absolute atomic E-state index is 0.0146. The van der Waals surface area contributed by atoms with Gasteiger partial charge in [-0.3, -0.25) is 14.4 Å². The van der Waals surface area contributed by atoms with Gasteiger partial charge in [0.15, 0.2) is 24.6 Å². The van der Waals surface area contributed by atoms with Crippen molar-refractivity contribution in [3.8, 4) is 0 Å². The van der Waals surface area contributed by atoms with Crippen LogP contribution in [-0.4, -0.2) is 89.2 Å². The van der Waals surface area contributed by atoms with E-state index in [0.717, 1.165) is 122 Å². The van der Waals surface area contributed by atoms with E-state index in [1.165, 1.54) is 57.8 Å². The highest BCUT2D eigenvalue weighted by atomic mass is 16.7. The molecule has 12 heteroatoms. The number of carbonyl (C=O) groups excluding carboxylic acids is 3. The van der Waals surface area contributed by atoms with Crippen molar-refractivity contribution in [3.05, 3.63) is 109 Å². The van der Waals surface area contributed by atoms with Crippen LogP contribution in [0.1, 0.15) is 239 Å². The largest absolute Gasteiger partial charge is 0.479 e. The highest BCUT2D eigenvalue weighted by Crippen LogP contribution is 2.26. The Morgan fingerprint density at radius 1 is 0.430 bits per heavy atom. The summed E-state index contributed by atoms with van der Waals surface area (Å²) in [4.78, 5) is 51.2. The van der Waals surface area contributed by atoms with Crippen LogP contribution in [-0.2, 0) is 42.9 Å². The summed E-state index contributed by atoms with van der Waals surface area (Å²) < 4.78 is 28.4. The molecule has 1 rings (SSSR count). The molecule has 0 aromatic rings. The Labute approximate surface area is 478 Å². The number of aliphatic hydroxyl groups is 2. The number of allylic oxidation sites excluding steroid dienone is 18. The van der Waals surface area contributed by atoms with Gasteiger partial charge in [-0.1, -0.05) is 226 Å². The number of hydrogen-bond acceptors (Lipinski definition) is 11. The van der Waals surface area contributed by atoms with Crippen LogP contribution in [0.5, 0.6) is 0 Å². The maximum atomic E-state index is 13.2. The molecule has 0 amide bonds. The fraction of sp³-hybridized carbons (Fsp3) is 0.672. The van der Waals surface area contributed by atoms with E-state index in [-0.39, 0.29) is 25.9 Å². The standard InChI is InChI=1S/C67H108O12/c1-4-7-10-13-16-19-22-25-27-29-30-32-34-37-40-43-46-49-52-55-61(70)78-65-63(72)62(71)64(66(73)74)79-67(65)76-57-58(77-60(69)54-51-48-45-42-39-35-24-21-18-15-12-9-6-3)56-75-59(68)53-50-47-44-41-38-36-33-31-28-26-23-20-17-14-11-8-5-2/h7-8,10-11,16-17,19-20,25-28,30,32-33,36-37,40,58,62-65,67,71-72H,4-6,9,12-15,18,21-24,29,31,34-35,38-39,41-57H2,1-3H3,(H,73,74)/b10-7-,11-8-,19-16-,20-17-,27-25-,28-26-,32-30-,36-33-,40-37-. The number of ether oxygens (including phenoxy) is 5. The second kappa shape index (κ2) is 54.0. The molecule has 0 saturated carbocycles. The quantitative estimate of drug-likeness (QED) is 0.0228. The molecular formula is C67H108O12. The maximum absolute atomic E-state index is 13.2. The van der Waals surface area contributed by atoms with Gasteiger partial charge in [-0.2, -0.15) is 0 Å². The van der Waals surface area contributed by atoms with Crippen molar-refractivity contribution in [1.29, 1.82) is 0 Å². The van der Waals surface area contributed by atoms with Crippen LogP contribution < -0.4 is 0 Å². The van der Waals surface area contributed by atoms with Gasteiger partial charge < -0.3 is 39.0 Å². The van der Waals surface area contributed by atoms with Crippen LogP contribution in [0.25, 0.3) is 0 Å². The highest BCUT2D eigenvalue weighted by Gasteiger charge is 2.50. The Kier molecular flexibility index (Phi) is 49.5. The molecule has 0 aromatic heterocycles. The molecule has 6 unspecified atom stereocenters. The fourth-order valence-electron chi connectivity index (χ4n) is 8.68. The van der Waals surface area contributed by atoms with E-state index in [1.54, 1.807) is 0 Å². The van der Waals surface area contributed by atoms with Crippen LogP contribution in [0.4, 0.5) is 0 Å². The zero-order chi connectivity index (χ0) is 57.5. The summed E-state index contributed by atoms with van der Waals surface area (Å²) in [7, 11) is 0. The molecule has 0 spiro atoms. The predicted molar refractivity (Wildman–Crippen MR) is 321 cm³/mol. The van der Waals surface area contributed by atoms with Crippen molar-refractivity contribution < 1.29 is 58.2 Å². The number of unbranched alkanes of at least 4 members (excludes halogenated alkanes) is 19. The lowest BCUT2D eigenvalue weighted by atomic mass is 9.98. The second-order valence-corrected chi connectivity index (χ2v) is 20.6. The van der Waals surface area contributed by atoms with Gasteiger partial charge in [-0.15, -0.1) is 0 Å². The number of aliphatic carboxylic acids is 1. The predicted octanol–water partition coefficient (Wildman–Crippen LogP) is 16.2. The van der Waals surface area contributed by atoms with Gasteiger partial charge in [-0.25, -0.2) is 4.79 Å². The normalized spacial score (nSPS) is 18.6. The van der Waals surface area contributed by atoms with E-state index in [2.05, 4.69) is 130 Å². The molecule has 448 valence electrons. The molecule has 1 saturated heterocycles. The molecular weight excluding hydrogens is 997 g/mol. The van der Waals surface area contributed by atoms with E-state index >= 15 is 0 Å². The number of rotatable bonds is 51. The van der Waals surface area contributed by atoms with Crippen molar-refractivity contribution in [2.75, 3.05) is 13.2 Å². The van der Waals surface area contributed by atoms with Gasteiger partial charge in [0.1, 0.15) is 18.8 Å².